The third kappa shape index (κ3) is 6.94. The van der Waals surface area contributed by atoms with Gasteiger partial charge in [-0.05, 0) is 31.1 Å². The molecule has 10 heteroatoms. The van der Waals surface area contributed by atoms with E-state index in [4.69, 9.17) is 5.73 Å². The van der Waals surface area contributed by atoms with Crippen molar-refractivity contribution >= 4 is 23.7 Å². The summed E-state index contributed by atoms with van der Waals surface area (Å²) in [4.78, 5) is 50.5. The van der Waals surface area contributed by atoms with E-state index in [0.29, 0.717) is 25.7 Å². The van der Waals surface area contributed by atoms with Crippen LogP contribution in [0.5, 0.6) is 0 Å². The molecule has 0 saturated carbocycles. The van der Waals surface area contributed by atoms with Crippen LogP contribution in [-0.4, -0.2) is 76.1 Å². The van der Waals surface area contributed by atoms with Crippen LogP contribution < -0.4 is 16.4 Å². The number of aliphatic hydroxyl groups is 1. The van der Waals surface area contributed by atoms with E-state index in [1.54, 1.807) is 0 Å². The minimum Gasteiger partial charge on any atom is -0.480 e. The molecule has 6 N–H and O–H groups in total. The number of hydrogen-bond acceptors (Lipinski definition) is 6. The molecule has 0 aromatic heterocycles. The molecular formula is C20H36N4O6. The van der Waals surface area contributed by atoms with Gasteiger partial charge in [-0.25, -0.2) is 4.79 Å². The van der Waals surface area contributed by atoms with E-state index in [1.165, 1.54) is 4.90 Å². The maximum absolute atomic E-state index is 12.8. The minimum atomic E-state index is -1.28. The number of nitrogens with zero attached hydrogens (tertiary/aromatic N) is 1. The summed E-state index contributed by atoms with van der Waals surface area (Å²) >= 11 is 0. The average molecular weight is 429 g/mol. The smallest absolute Gasteiger partial charge is 0.326 e. The lowest BCUT2D eigenvalue weighted by atomic mass is 9.97. The minimum absolute atomic E-state index is 0.0670. The van der Waals surface area contributed by atoms with Crippen LogP contribution in [0.3, 0.4) is 0 Å². The monoisotopic (exact) mass is 428 g/mol. The van der Waals surface area contributed by atoms with Crippen LogP contribution >= 0.6 is 0 Å². The fourth-order valence-electron chi connectivity index (χ4n) is 3.43. The molecule has 0 aromatic rings. The SMILES string of the molecule is CCC(C)C(N)C(=O)NC(CC(C)C)C(=O)NC(CO)C(=O)N1CCCC1C(=O)O. The predicted molar refractivity (Wildman–Crippen MR) is 110 cm³/mol. The molecule has 0 aromatic carbocycles. The lowest BCUT2D eigenvalue weighted by Gasteiger charge is -2.28. The molecule has 1 aliphatic heterocycles. The van der Waals surface area contributed by atoms with Crippen LogP contribution in [-0.2, 0) is 19.2 Å². The molecule has 1 fully saturated rings. The van der Waals surface area contributed by atoms with Gasteiger partial charge in [-0.2, -0.15) is 0 Å². The first-order valence-corrected chi connectivity index (χ1v) is 10.5. The quantitative estimate of drug-likeness (QED) is 0.295. The molecule has 1 saturated heterocycles. The fourth-order valence-corrected chi connectivity index (χ4v) is 3.43. The van der Waals surface area contributed by atoms with Crippen molar-refractivity contribution in [2.24, 2.45) is 17.6 Å². The number of nitrogens with two attached hydrogens (primary N) is 1. The van der Waals surface area contributed by atoms with Crippen LogP contribution in [0.25, 0.3) is 0 Å². The lowest BCUT2D eigenvalue weighted by molar-refractivity contribution is -0.150. The predicted octanol–water partition coefficient (Wildman–Crippen LogP) is -0.557. The Morgan fingerprint density at radius 2 is 1.70 bits per heavy atom. The van der Waals surface area contributed by atoms with Crippen LogP contribution in [0.4, 0.5) is 0 Å². The second-order valence-corrected chi connectivity index (χ2v) is 8.37. The first-order valence-electron chi connectivity index (χ1n) is 10.5. The van der Waals surface area contributed by atoms with Crippen LogP contribution in [0.15, 0.2) is 0 Å². The third-order valence-electron chi connectivity index (χ3n) is 5.52. The van der Waals surface area contributed by atoms with Crippen molar-refractivity contribution in [2.75, 3.05) is 13.2 Å². The summed E-state index contributed by atoms with van der Waals surface area (Å²) < 4.78 is 0. The standard InChI is InChI=1S/C20H36N4O6/c1-5-12(4)16(21)18(27)22-13(9-11(2)3)17(26)23-14(10-25)19(28)24-8-6-7-15(24)20(29)30/h11-16,25H,5-10,21H2,1-4H3,(H,22,27)(H,23,26)(H,29,30). The van der Waals surface area contributed by atoms with Crippen molar-refractivity contribution in [1.29, 1.82) is 0 Å². The molecule has 172 valence electrons. The van der Waals surface area contributed by atoms with E-state index in [2.05, 4.69) is 10.6 Å². The van der Waals surface area contributed by atoms with Gasteiger partial charge < -0.3 is 31.5 Å². The van der Waals surface area contributed by atoms with E-state index in [0.717, 1.165) is 0 Å². The maximum atomic E-state index is 12.8. The summed E-state index contributed by atoms with van der Waals surface area (Å²) in [6.07, 6.45) is 1.89. The van der Waals surface area contributed by atoms with E-state index >= 15 is 0 Å². The number of carbonyl (C=O) groups is 4. The maximum Gasteiger partial charge on any atom is 0.326 e. The van der Waals surface area contributed by atoms with Gasteiger partial charge in [0.2, 0.25) is 17.7 Å². The zero-order chi connectivity index (χ0) is 23.0. The highest BCUT2D eigenvalue weighted by Crippen LogP contribution is 2.18. The Hall–Kier alpha value is -2.20. The Morgan fingerprint density at radius 3 is 2.20 bits per heavy atom. The highest BCUT2D eigenvalue weighted by Gasteiger charge is 2.38. The van der Waals surface area contributed by atoms with Crippen LogP contribution in [0.1, 0.15) is 53.4 Å². The summed E-state index contributed by atoms with van der Waals surface area (Å²) in [5.41, 5.74) is 5.95. The number of likely N-dealkylation sites (tertiary alicyclic amines) is 1. The Kier molecular flexibility index (Phi) is 10.2. The summed E-state index contributed by atoms with van der Waals surface area (Å²) in [6.45, 7) is 7.10. The number of carboxylic acid groups (broad SMARTS) is 1. The van der Waals surface area contributed by atoms with E-state index < -0.39 is 54.5 Å². The number of amides is 3. The highest BCUT2D eigenvalue weighted by molar-refractivity contribution is 5.94. The summed E-state index contributed by atoms with van der Waals surface area (Å²) in [7, 11) is 0. The summed E-state index contributed by atoms with van der Waals surface area (Å²) in [5, 5.41) is 24.0. The van der Waals surface area contributed by atoms with Gasteiger partial charge in [-0.1, -0.05) is 34.1 Å². The summed E-state index contributed by atoms with van der Waals surface area (Å²) in [5.74, 6) is -2.84. The number of hydrogen-bond donors (Lipinski definition) is 5. The van der Waals surface area contributed by atoms with Crippen molar-refractivity contribution in [3.63, 3.8) is 0 Å². The second kappa shape index (κ2) is 11.8. The Morgan fingerprint density at radius 1 is 1.10 bits per heavy atom. The first kappa shape index (κ1) is 25.8. The van der Waals surface area contributed by atoms with Crippen molar-refractivity contribution in [3.05, 3.63) is 0 Å². The average Bonchev–Trinajstić information content (AvgIpc) is 3.19. The van der Waals surface area contributed by atoms with Gasteiger partial charge in [0.1, 0.15) is 18.1 Å². The molecule has 3 amide bonds. The molecule has 10 nitrogen and oxygen atoms in total. The number of aliphatic hydroxyl groups excluding tert-OH is 1. The van der Waals surface area contributed by atoms with Crippen molar-refractivity contribution < 1.29 is 29.4 Å². The Labute approximate surface area is 177 Å². The normalized spacial score (nSPS) is 20.4. The van der Waals surface area contributed by atoms with Crippen molar-refractivity contribution in [3.8, 4) is 0 Å². The summed E-state index contributed by atoms with van der Waals surface area (Å²) in [6, 6.07) is -3.95. The van der Waals surface area contributed by atoms with Crippen LogP contribution in [0, 0.1) is 11.8 Å². The number of nitrogens with one attached hydrogen (secondary N) is 2. The molecular weight excluding hydrogens is 392 g/mol. The van der Waals surface area contributed by atoms with Gasteiger partial charge in [-0.3, -0.25) is 14.4 Å². The van der Waals surface area contributed by atoms with E-state index in [9.17, 15) is 29.4 Å². The zero-order valence-electron chi connectivity index (χ0n) is 18.3. The molecule has 0 spiro atoms. The molecule has 5 unspecified atom stereocenters. The van der Waals surface area contributed by atoms with Gasteiger partial charge in [0.15, 0.2) is 0 Å². The van der Waals surface area contributed by atoms with Crippen molar-refractivity contribution in [2.45, 2.75) is 77.5 Å². The van der Waals surface area contributed by atoms with Crippen molar-refractivity contribution in [1.82, 2.24) is 15.5 Å². The van der Waals surface area contributed by atoms with Crippen LogP contribution in [0.2, 0.25) is 0 Å². The van der Waals surface area contributed by atoms with E-state index in [1.807, 2.05) is 27.7 Å². The first-order chi connectivity index (χ1) is 14.0. The van der Waals surface area contributed by atoms with Gasteiger partial charge in [-0.15, -0.1) is 0 Å². The number of carboxylic acids is 1. The molecule has 1 rings (SSSR count). The van der Waals surface area contributed by atoms with Gasteiger partial charge in [0, 0.05) is 6.54 Å². The highest BCUT2D eigenvalue weighted by atomic mass is 16.4. The molecule has 1 aliphatic rings. The van der Waals surface area contributed by atoms with Gasteiger partial charge in [0.05, 0.1) is 12.6 Å². The lowest BCUT2D eigenvalue weighted by Crippen LogP contribution is -2.58. The number of carbonyl (C=O) groups excluding carboxylic acids is 3. The fraction of sp³-hybridized carbons (Fsp3) is 0.800. The second-order valence-electron chi connectivity index (χ2n) is 8.37. The molecule has 30 heavy (non-hydrogen) atoms. The molecule has 0 radical (unpaired) electrons. The number of aliphatic carboxylic acids is 1. The third-order valence-corrected chi connectivity index (χ3v) is 5.52. The Bertz CT molecular complexity index is 626. The largest absolute Gasteiger partial charge is 0.480 e. The number of rotatable bonds is 11. The molecule has 5 atom stereocenters. The molecule has 0 aliphatic carbocycles. The van der Waals surface area contributed by atoms with E-state index in [-0.39, 0.29) is 18.4 Å². The molecule has 0 bridgehead atoms. The zero-order valence-corrected chi connectivity index (χ0v) is 18.3. The van der Waals surface area contributed by atoms with Gasteiger partial charge in [0.25, 0.3) is 0 Å². The molecule has 1 heterocycles. The topological polar surface area (TPSA) is 162 Å². The Balaban J connectivity index is 2.88. The van der Waals surface area contributed by atoms with Gasteiger partial charge >= 0.3 is 5.97 Å².